The van der Waals surface area contributed by atoms with Crippen molar-refractivity contribution < 1.29 is 8.42 Å². The highest BCUT2D eigenvalue weighted by atomic mass is 32.2. The molecular weight excluding hydrogens is 296 g/mol. The van der Waals surface area contributed by atoms with Crippen LogP contribution >= 0.6 is 11.3 Å². The number of aryl methyl sites for hydroxylation is 1. The van der Waals surface area contributed by atoms with E-state index in [1.54, 1.807) is 11.3 Å². The van der Waals surface area contributed by atoms with Gasteiger partial charge in [0.1, 0.15) is 9.84 Å². The first-order valence-electron chi connectivity index (χ1n) is 6.40. The molecule has 0 spiro atoms. The smallest absolute Gasteiger partial charge is 0.194 e. The lowest BCUT2D eigenvalue weighted by molar-refractivity contribution is 0.471. The second-order valence-corrected chi connectivity index (χ2v) is 7.90. The highest BCUT2D eigenvalue weighted by Crippen LogP contribution is 2.09. The molecule has 1 aromatic heterocycles. The fourth-order valence-electron chi connectivity index (χ4n) is 1.59. The third-order valence-electron chi connectivity index (χ3n) is 2.49. The monoisotopic (exact) mass is 318 g/mol. The van der Waals surface area contributed by atoms with Crippen molar-refractivity contribution in [1.82, 2.24) is 15.2 Å². The molecule has 0 saturated carbocycles. The number of nitrogens with zero attached hydrogens (tertiary/aromatic N) is 3. The summed E-state index contributed by atoms with van der Waals surface area (Å²) in [7, 11) is -1.07. The highest BCUT2D eigenvalue weighted by molar-refractivity contribution is 7.90. The largest absolute Gasteiger partial charge is 0.357 e. The van der Waals surface area contributed by atoms with Gasteiger partial charge in [0.15, 0.2) is 5.96 Å². The van der Waals surface area contributed by atoms with E-state index in [-0.39, 0.29) is 12.3 Å². The van der Waals surface area contributed by atoms with Crippen molar-refractivity contribution in [1.29, 1.82) is 0 Å². The van der Waals surface area contributed by atoms with Gasteiger partial charge in [0.25, 0.3) is 0 Å². The van der Waals surface area contributed by atoms with E-state index in [4.69, 9.17) is 0 Å². The van der Waals surface area contributed by atoms with E-state index >= 15 is 0 Å². The Morgan fingerprint density at radius 1 is 1.55 bits per heavy atom. The fraction of sp³-hybridized carbons (Fsp3) is 0.667. The van der Waals surface area contributed by atoms with E-state index in [1.807, 2.05) is 31.2 Å². The molecule has 6 nitrogen and oxygen atoms in total. The maximum absolute atomic E-state index is 11.1. The zero-order chi connectivity index (χ0) is 15.2. The Balaban J connectivity index is 2.66. The number of hydrogen-bond donors (Lipinski definition) is 1. The molecule has 0 unspecified atom stereocenters. The number of rotatable bonds is 6. The van der Waals surface area contributed by atoms with Gasteiger partial charge in [-0.05, 0) is 13.8 Å². The molecule has 1 rings (SSSR count). The van der Waals surface area contributed by atoms with Crippen LogP contribution in [-0.2, 0) is 16.4 Å². The zero-order valence-corrected chi connectivity index (χ0v) is 14.0. The summed E-state index contributed by atoms with van der Waals surface area (Å²) in [4.78, 5) is 10.7. The number of guanidine groups is 1. The van der Waals surface area contributed by atoms with E-state index in [1.165, 1.54) is 6.26 Å². The highest BCUT2D eigenvalue weighted by Gasteiger charge is 2.09. The third kappa shape index (κ3) is 6.33. The van der Waals surface area contributed by atoms with Crippen LogP contribution in [0, 0.1) is 6.92 Å². The summed E-state index contributed by atoms with van der Waals surface area (Å²) < 4.78 is 22.2. The third-order valence-corrected chi connectivity index (χ3v) is 4.23. The van der Waals surface area contributed by atoms with Crippen molar-refractivity contribution in [3.8, 4) is 0 Å². The summed E-state index contributed by atoms with van der Waals surface area (Å²) in [5, 5.41) is 6.21. The SMILES string of the molecule is CCNC(=NCCS(C)(=O)=O)N(C)Cc1csc(C)n1. The van der Waals surface area contributed by atoms with Crippen molar-refractivity contribution in [2.24, 2.45) is 4.99 Å². The number of aromatic nitrogens is 1. The van der Waals surface area contributed by atoms with Crippen LogP contribution < -0.4 is 5.32 Å². The molecule has 0 aliphatic rings. The topological polar surface area (TPSA) is 74.7 Å². The summed E-state index contributed by atoms with van der Waals surface area (Å²) in [6, 6.07) is 0. The lowest BCUT2D eigenvalue weighted by Crippen LogP contribution is -2.38. The van der Waals surface area contributed by atoms with E-state index in [0.29, 0.717) is 12.5 Å². The van der Waals surface area contributed by atoms with Crippen molar-refractivity contribution in [2.45, 2.75) is 20.4 Å². The van der Waals surface area contributed by atoms with Gasteiger partial charge < -0.3 is 10.2 Å². The van der Waals surface area contributed by atoms with Crippen LogP contribution in [0.4, 0.5) is 0 Å². The lowest BCUT2D eigenvalue weighted by Gasteiger charge is -2.21. The number of aliphatic imine (C=N–C) groups is 1. The van der Waals surface area contributed by atoms with Gasteiger partial charge in [0.2, 0.25) is 0 Å². The van der Waals surface area contributed by atoms with Gasteiger partial charge >= 0.3 is 0 Å². The maximum atomic E-state index is 11.1. The van der Waals surface area contributed by atoms with Crippen LogP contribution in [0.1, 0.15) is 17.6 Å². The fourth-order valence-corrected chi connectivity index (χ4v) is 2.61. The molecule has 0 radical (unpaired) electrons. The second-order valence-electron chi connectivity index (χ2n) is 4.58. The van der Waals surface area contributed by atoms with Crippen LogP contribution in [0.3, 0.4) is 0 Å². The Hall–Kier alpha value is -1.15. The lowest BCUT2D eigenvalue weighted by atomic mass is 10.4. The minimum Gasteiger partial charge on any atom is -0.357 e. The van der Waals surface area contributed by atoms with Crippen LogP contribution in [0.5, 0.6) is 0 Å². The molecule has 0 atom stereocenters. The number of thiazole rings is 1. The predicted octanol–water partition coefficient (Wildman–Crippen LogP) is 0.893. The first-order valence-corrected chi connectivity index (χ1v) is 9.34. The first-order chi connectivity index (χ1) is 9.31. The Bertz CT molecular complexity index is 552. The second kappa shape index (κ2) is 7.58. The first kappa shape index (κ1) is 16.9. The van der Waals surface area contributed by atoms with Gasteiger partial charge in [-0.3, -0.25) is 4.99 Å². The molecule has 1 heterocycles. The molecule has 0 aliphatic carbocycles. The molecule has 0 saturated heterocycles. The summed E-state index contributed by atoms with van der Waals surface area (Å²) >= 11 is 1.62. The summed E-state index contributed by atoms with van der Waals surface area (Å²) in [6.07, 6.45) is 1.22. The predicted molar refractivity (Wildman–Crippen MR) is 84.0 cm³/mol. The van der Waals surface area contributed by atoms with Gasteiger partial charge in [0, 0.05) is 25.2 Å². The van der Waals surface area contributed by atoms with Gasteiger partial charge in [0.05, 0.1) is 29.5 Å². The van der Waals surface area contributed by atoms with Gasteiger partial charge in [-0.2, -0.15) is 0 Å². The van der Waals surface area contributed by atoms with Crippen molar-refractivity contribution in [2.75, 3.05) is 32.1 Å². The average Bonchev–Trinajstić information content (AvgIpc) is 2.72. The van der Waals surface area contributed by atoms with E-state index in [2.05, 4.69) is 15.3 Å². The van der Waals surface area contributed by atoms with E-state index in [9.17, 15) is 8.42 Å². The minimum absolute atomic E-state index is 0.0611. The van der Waals surface area contributed by atoms with E-state index < -0.39 is 9.84 Å². The summed E-state index contributed by atoms with van der Waals surface area (Å²) in [5.41, 5.74) is 0.990. The Kier molecular flexibility index (Phi) is 6.41. The number of sulfone groups is 1. The van der Waals surface area contributed by atoms with Gasteiger partial charge in [-0.1, -0.05) is 0 Å². The number of nitrogens with one attached hydrogen (secondary N) is 1. The average molecular weight is 318 g/mol. The van der Waals surface area contributed by atoms with Crippen molar-refractivity contribution in [3.05, 3.63) is 16.1 Å². The minimum atomic E-state index is -2.98. The van der Waals surface area contributed by atoms with Crippen molar-refractivity contribution >= 4 is 27.1 Å². The molecule has 0 fully saturated rings. The quantitative estimate of drug-likeness (QED) is 0.623. The van der Waals surface area contributed by atoms with Crippen LogP contribution in [0.25, 0.3) is 0 Å². The molecule has 20 heavy (non-hydrogen) atoms. The van der Waals surface area contributed by atoms with Crippen molar-refractivity contribution in [3.63, 3.8) is 0 Å². The molecule has 0 aliphatic heterocycles. The Morgan fingerprint density at radius 3 is 2.75 bits per heavy atom. The molecular formula is C12H22N4O2S2. The Labute approximate surface area is 124 Å². The summed E-state index contributed by atoms with van der Waals surface area (Å²) in [5.74, 6) is 0.757. The summed E-state index contributed by atoms with van der Waals surface area (Å²) in [6.45, 7) is 5.60. The molecule has 1 aromatic rings. The van der Waals surface area contributed by atoms with Gasteiger partial charge in [-0.15, -0.1) is 11.3 Å². The van der Waals surface area contributed by atoms with Crippen LogP contribution in [0.15, 0.2) is 10.4 Å². The Morgan fingerprint density at radius 2 is 2.25 bits per heavy atom. The molecule has 1 N–H and O–H groups in total. The van der Waals surface area contributed by atoms with E-state index in [0.717, 1.165) is 17.2 Å². The normalized spacial score (nSPS) is 12.5. The molecule has 0 aromatic carbocycles. The van der Waals surface area contributed by atoms with Crippen LogP contribution in [-0.4, -0.2) is 56.4 Å². The zero-order valence-electron chi connectivity index (χ0n) is 12.4. The standard InChI is InChI=1S/C12H22N4O2S2/c1-5-13-12(14-6-7-20(4,17)18)16(3)8-11-9-19-10(2)15-11/h9H,5-8H2,1-4H3,(H,13,14). The molecule has 0 bridgehead atoms. The molecule has 114 valence electrons. The number of hydrogen-bond acceptors (Lipinski definition) is 5. The van der Waals surface area contributed by atoms with Crippen LogP contribution in [0.2, 0.25) is 0 Å². The molecule has 0 amide bonds. The molecule has 8 heteroatoms. The maximum Gasteiger partial charge on any atom is 0.194 e. The van der Waals surface area contributed by atoms with Gasteiger partial charge in [-0.25, -0.2) is 13.4 Å².